The maximum absolute atomic E-state index is 12.1. The van der Waals surface area contributed by atoms with E-state index in [-0.39, 0.29) is 18.0 Å². The molecule has 2 aromatic rings. The van der Waals surface area contributed by atoms with E-state index < -0.39 is 29.5 Å². The van der Waals surface area contributed by atoms with Crippen LogP contribution >= 0.6 is 0 Å². The molecule has 0 radical (unpaired) electrons. The zero-order valence-electron chi connectivity index (χ0n) is 15.7. The SMILES string of the molecule is COc1cc(NC(=O)COC(=O)[C@H]2COc3ccccc3O2)c(C)cc1[N+](=O)[O-]. The molecule has 1 heterocycles. The predicted molar refractivity (Wildman–Crippen MR) is 100 cm³/mol. The highest BCUT2D eigenvalue weighted by molar-refractivity contribution is 5.94. The second kappa shape index (κ2) is 8.46. The van der Waals surface area contributed by atoms with Crippen LogP contribution in [0, 0.1) is 17.0 Å². The third-order valence-corrected chi connectivity index (χ3v) is 4.11. The molecule has 0 fully saturated rings. The molecule has 1 amide bonds. The van der Waals surface area contributed by atoms with Crippen LogP contribution in [0.2, 0.25) is 0 Å². The Hall–Kier alpha value is -3.82. The molecule has 10 heteroatoms. The van der Waals surface area contributed by atoms with Crippen molar-refractivity contribution in [3.63, 3.8) is 0 Å². The summed E-state index contributed by atoms with van der Waals surface area (Å²) in [6.45, 7) is 1.01. The third-order valence-electron chi connectivity index (χ3n) is 4.11. The zero-order valence-corrected chi connectivity index (χ0v) is 15.7. The number of benzene rings is 2. The lowest BCUT2D eigenvalue weighted by Crippen LogP contribution is -2.39. The lowest BCUT2D eigenvalue weighted by atomic mass is 10.1. The minimum Gasteiger partial charge on any atom is -0.490 e. The maximum Gasteiger partial charge on any atom is 0.351 e. The Morgan fingerprint density at radius 1 is 1.28 bits per heavy atom. The molecule has 0 unspecified atom stereocenters. The highest BCUT2D eigenvalue weighted by Crippen LogP contribution is 2.33. The fraction of sp³-hybridized carbons (Fsp3) is 0.263. The molecule has 0 aromatic heterocycles. The van der Waals surface area contributed by atoms with Gasteiger partial charge >= 0.3 is 11.7 Å². The second-order valence-electron chi connectivity index (χ2n) is 6.12. The number of methoxy groups -OCH3 is 1. The van der Waals surface area contributed by atoms with Crippen LogP contribution in [0.5, 0.6) is 17.2 Å². The second-order valence-corrected chi connectivity index (χ2v) is 6.12. The first-order valence-corrected chi connectivity index (χ1v) is 8.57. The zero-order chi connectivity index (χ0) is 21.0. The molecular formula is C19H18N2O8. The number of nitro benzene ring substituents is 1. The summed E-state index contributed by atoms with van der Waals surface area (Å²) in [5, 5.41) is 13.6. The maximum atomic E-state index is 12.1. The van der Waals surface area contributed by atoms with Crippen LogP contribution in [0.3, 0.4) is 0 Å². The number of nitrogens with zero attached hydrogens (tertiary/aromatic N) is 1. The van der Waals surface area contributed by atoms with E-state index in [9.17, 15) is 19.7 Å². The van der Waals surface area contributed by atoms with E-state index in [1.165, 1.54) is 19.2 Å². The van der Waals surface area contributed by atoms with Crippen molar-refractivity contribution in [2.24, 2.45) is 0 Å². The number of nitro groups is 1. The molecule has 0 saturated carbocycles. The molecule has 10 nitrogen and oxygen atoms in total. The van der Waals surface area contributed by atoms with Crippen molar-refractivity contribution in [3.05, 3.63) is 52.1 Å². The quantitative estimate of drug-likeness (QED) is 0.443. The van der Waals surface area contributed by atoms with Crippen molar-refractivity contribution >= 4 is 23.3 Å². The summed E-state index contributed by atoms with van der Waals surface area (Å²) < 4.78 is 20.9. The molecule has 0 saturated heterocycles. The molecule has 0 spiro atoms. The third kappa shape index (κ3) is 4.54. The Morgan fingerprint density at radius 3 is 2.69 bits per heavy atom. The molecule has 152 valence electrons. The first-order valence-electron chi connectivity index (χ1n) is 8.57. The van der Waals surface area contributed by atoms with Gasteiger partial charge in [-0.2, -0.15) is 0 Å². The monoisotopic (exact) mass is 402 g/mol. The molecule has 2 aromatic carbocycles. The van der Waals surface area contributed by atoms with E-state index in [0.29, 0.717) is 22.7 Å². The number of aryl methyl sites for hydroxylation is 1. The molecule has 1 N–H and O–H groups in total. The van der Waals surface area contributed by atoms with Gasteiger partial charge in [-0.05, 0) is 24.6 Å². The number of anilines is 1. The highest BCUT2D eigenvalue weighted by atomic mass is 16.6. The van der Waals surface area contributed by atoms with Gasteiger partial charge in [0.15, 0.2) is 23.9 Å². The predicted octanol–water partition coefficient (Wildman–Crippen LogP) is 2.23. The minimum atomic E-state index is -0.987. The largest absolute Gasteiger partial charge is 0.490 e. The fourth-order valence-electron chi connectivity index (χ4n) is 2.67. The first kappa shape index (κ1) is 19.9. The Bertz CT molecular complexity index is 959. The van der Waals surface area contributed by atoms with Crippen molar-refractivity contribution < 1.29 is 33.5 Å². The number of hydrogen-bond acceptors (Lipinski definition) is 8. The summed E-state index contributed by atoms with van der Waals surface area (Å²) >= 11 is 0. The van der Waals surface area contributed by atoms with Crippen molar-refractivity contribution in [1.82, 2.24) is 0 Å². The van der Waals surface area contributed by atoms with Crippen LogP contribution in [0.4, 0.5) is 11.4 Å². The summed E-state index contributed by atoms with van der Waals surface area (Å²) in [5.74, 6) is -0.419. The van der Waals surface area contributed by atoms with Gasteiger partial charge < -0.3 is 24.3 Å². The number of carbonyl (C=O) groups excluding carboxylic acids is 2. The van der Waals surface area contributed by atoms with Gasteiger partial charge in [-0.1, -0.05) is 12.1 Å². The van der Waals surface area contributed by atoms with Crippen LogP contribution in [-0.2, 0) is 14.3 Å². The number of carbonyl (C=O) groups is 2. The summed E-state index contributed by atoms with van der Waals surface area (Å²) in [7, 11) is 1.29. The number of ether oxygens (including phenoxy) is 4. The van der Waals surface area contributed by atoms with Crippen LogP contribution < -0.4 is 19.5 Å². The Kier molecular flexibility index (Phi) is 5.82. The standard InChI is InChI=1S/C19H18N2O8/c1-11-7-13(21(24)25)16(26-2)8-12(11)20-18(22)10-28-19(23)17-9-27-14-5-3-4-6-15(14)29-17/h3-8,17H,9-10H2,1-2H3,(H,20,22)/t17-/m1/s1. The summed E-state index contributed by atoms with van der Waals surface area (Å²) in [6, 6.07) is 9.51. The number of hydrogen-bond donors (Lipinski definition) is 1. The molecular weight excluding hydrogens is 384 g/mol. The average molecular weight is 402 g/mol. The van der Waals surface area contributed by atoms with Gasteiger partial charge in [0.05, 0.1) is 12.0 Å². The van der Waals surface area contributed by atoms with E-state index in [0.717, 1.165) is 0 Å². The topological polar surface area (TPSA) is 126 Å². The number of rotatable bonds is 6. The van der Waals surface area contributed by atoms with Gasteiger partial charge in [-0.3, -0.25) is 14.9 Å². The van der Waals surface area contributed by atoms with Gasteiger partial charge in [0.2, 0.25) is 6.10 Å². The van der Waals surface area contributed by atoms with Crippen molar-refractivity contribution in [2.75, 3.05) is 25.6 Å². The van der Waals surface area contributed by atoms with Crippen molar-refractivity contribution in [1.29, 1.82) is 0 Å². The average Bonchev–Trinajstić information content (AvgIpc) is 2.72. The fourth-order valence-corrected chi connectivity index (χ4v) is 2.67. The smallest absolute Gasteiger partial charge is 0.351 e. The lowest BCUT2D eigenvalue weighted by Gasteiger charge is -2.24. The molecule has 0 aliphatic carbocycles. The van der Waals surface area contributed by atoms with E-state index in [1.807, 2.05) is 0 Å². The molecule has 1 atom stereocenters. The normalized spacial score (nSPS) is 14.6. The highest BCUT2D eigenvalue weighted by Gasteiger charge is 2.29. The molecule has 1 aliphatic rings. The first-order chi connectivity index (χ1) is 13.9. The molecule has 29 heavy (non-hydrogen) atoms. The van der Waals surface area contributed by atoms with Gasteiger partial charge in [0, 0.05) is 17.8 Å². The molecule has 0 bridgehead atoms. The lowest BCUT2D eigenvalue weighted by molar-refractivity contribution is -0.385. The molecule has 3 rings (SSSR count). The van der Waals surface area contributed by atoms with Crippen molar-refractivity contribution in [2.45, 2.75) is 13.0 Å². The van der Waals surface area contributed by atoms with Crippen molar-refractivity contribution in [3.8, 4) is 17.2 Å². The Morgan fingerprint density at radius 2 is 2.00 bits per heavy atom. The van der Waals surface area contributed by atoms with Crippen LogP contribution in [-0.4, -0.2) is 43.2 Å². The summed E-state index contributed by atoms with van der Waals surface area (Å²) in [5.41, 5.74) is 0.543. The van der Waals surface area contributed by atoms with Crippen LogP contribution in [0.15, 0.2) is 36.4 Å². The van der Waals surface area contributed by atoms with Gasteiger partial charge in [0.25, 0.3) is 5.91 Å². The van der Waals surface area contributed by atoms with Gasteiger partial charge in [-0.15, -0.1) is 0 Å². The number of para-hydroxylation sites is 2. The van der Waals surface area contributed by atoms with Gasteiger partial charge in [0.1, 0.15) is 6.61 Å². The number of nitrogens with one attached hydrogen (secondary N) is 1. The number of esters is 1. The number of fused-ring (bicyclic) bond motifs is 1. The van der Waals surface area contributed by atoms with E-state index in [2.05, 4.69) is 5.32 Å². The minimum absolute atomic E-state index is 0.000635. The molecule has 1 aliphatic heterocycles. The summed E-state index contributed by atoms with van der Waals surface area (Å²) in [4.78, 5) is 34.7. The van der Waals surface area contributed by atoms with E-state index in [4.69, 9.17) is 18.9 Å². The number of amides is 1. The van der Waals surface area contributed by atoms with E-state index >= 15 is 0 Å². The summed E-state index contributed by atoms with van der Waals surface area (Å²) in [6.07, 6.45) is -0.987. The van der Waals surface area contributed by atoms with Gasteiger partial charge in [-0.25, -0.2) is 4.79 Å². The van der Waals surface area contributed by atoms with Crippen LogP contribution in [0.25, 0.3) is 0 Å². The Labute approximate surface area is 165 Å². The van der Waals surface area contributed by atoms with E-state index in [1.54, 1.807) is 31.2 Å². The van der Waals surface area contributed by atoms with Crippen LogP contribution in [0.1, 0.15) is 5.56 Å². The Balaban J connectivity index is 1.58.